The summed E-state index contributed by atoms with van der Waals surface area (Å²) < 4.78 is 45.4. The number of benzene rings is 1. The Kier molecular flexibility index (Phi) is 6.74. The number of hydrogen-bond acceptors (Lipinski definition) is 6. The van der Waals surface area contributed by atoms with Gasteiger partial charge < -0.3 is 10.1 Å². The van der Waals surface area contributed by atoms with Crippen LogP contribution in [0.25, 0.3) is 10.2 Å². The molecule has 31 heavy (non-hydrogen) atoms. The fraction of sp³-hybridized carbons (Fsp3) is 0.300. The van der Waals surface area contributed by atoms with Gasteiger partial charge in [0.1, 0.15) is 11.4 Å². The Morgan fingerprint density at radius 2 is 2.00 bits per heavy atom. The Bertz CT molecular complexity index is 1170. The number of thiophene rings is 1. The lowest BCUT2D eigenvalue weighted by molar-refractivity contribution is -0.137. The molecule has 0 unspecified atom stereocenters. The minimum atomic E-state index is -4.65. The van der Waals surface area contributed by atoms with Crippen molar-refractivity contribution in [2.75, 3.05) is 11.9 Å². The van der Waals surface area contributed by atoms with Crippen LogP contribution in [0.2, 0.25) is 0 Å². The highest BCUT2D eigenvalue weighted by atomic mass is 32.1. The van der Waals surface area contributed by atoms with Gasteiger partial charge in [-0.15, -0.1) is 11.3 Å². The molecule has 1 amide bonds. The molecule has 0 atom stereocenters. The second kappa shape index (κ2) is 9.29. The summed E-state index contributed by atoms with van der Waals surface area (Å²) >= 11 is 1.08. The molecule has 11 heteroatoms. The molecule has 3 rings (SSSR count). The van der Waals surface area contributed by atoms with Crippen molar-refractivity contribution in [2.45, 2.75) is 32.5 Å². The summed E-state index contributed by atoms with van der Waals surface area (Å²) in [5.74, 6) is -1.51. The summed E-state index contributed by atoms with van der Waals surface area (Å²) in [5, 5.41) is 3.64. The average Bonchev–Trinajstić information content (AvgIpc) is 3.15. The summed E-state index contributed by atoms with van der Waals surface area (Å²) in [7, 11) is 0. The van der Waals surface area contributed by atoms with Crippen molar-refractivity contribution < 1.29 is 27.5 Å². The highest BCUT2D eigenvalue weighted by Gasteiger charge is 2.33. The van der Waals surface area contributed by atoms with Crippen molar-refractivity contribution in [3.63, 3.8) is 0 Å². The van der Waals surface area contributed by atoms with Crippen LogP contribution in [0.15, 0.2) is 40.8 Å². The first-order chi connectivity index (χ1) is 14.7. The van der Waals surface area contributed by atoms with Gasteiger partial charge in [-0.1, -0.05) is 25.5 Å². The zero-order valence-corrected chi connectivity index (χ0v) is 17.2. The van der Waals surface area contributed by atoms with Gasteiger partial charge in [0.2, 0.25) is 5.91 Å². The number of unbranched alkanes of at least 4 members (excludes halogenated alkanes) is 1. The molecule has 0 aliphatic rings. The van der Waals surface area contributed by atoms with Gasteiger partial charge in [-0.05, 0) is 18.6 Å². The Hall–Kier alpha value is -3.21. The number of fused-ring (bicyclic) bond motifs is 1. The van der Waals surface area contributed by atoms with E-state index in [4.69, 9.17) is 4.74 Å². The highest BCUT2D eigenvalue weighted by molar-refractivity contribution is 7.17. The van der Waals surface area contributed by atoms with Crippen molar-refractivity contribution >= 4 is 39.1 Å². The van der Waals surface area contributed by atoms with Crippen molar-refractivity contribution in [1.29, 1.82) is 0 Å². The van der Waals surface area contributed by atoms with Crippen molar-refractivity contribution in [1.82, 2.24) is 9.55 Å². The quantitative estimate of drug-likeness (QED) is 0.430. The minimum absolute atomic E-state index is 0.0116. The molecular weight excluding hydrogens is 435 g/mol. The Morgan fingerprint density at radius 3 is 2.71 bits per heavy atom. The van der Waals surface area contributed by atoms with Crippen LogP contribution in [0.5, 0.6) is 0 Å². The Balaban J connectivity index is 1.84. The van der Waals surface area contributed by atoms with E-state index in [-0.39, 0.29) is 17.6 Å². The number of anilines is 1. The number of ether oxygens (including phenoxy) is 1. The number of hydrogen-bond donors (Lipinski definition) is 1. The standard InChI is InChI=1S/C20H18F3N3O4S/c1-2-3-8-30-19(29)12-10-31-17-16(12)18(28)26(11-24-17)9-15(27)25-14-7-5-4-6-13(14)20(21,22)23/h4-7,10-11H,2-3,8-9H2,1H3,(H,25,27). The van der Waals surface area contributed by atoms with E-state index in [1.165, 1.54) is 17.5 Å². The molecule has 0 saturated heterocycles. The normalized spacial score (nSPS) is 11.5. The van der Waals surface area contributed by atoms with Gasteiger partial charge in [0.25, 0.3) is 5.56 Å². The van der Waals surface area contributed by atoms with Crippen LogP contribution < -0.4 is 10.9 Å². The third-order valence-corrected chi connectivity index (χ3v) is 5.22. The number of nitrogens with zero attached hydrogens (tertiary/aromatic N) is 2. The predicted molar refractivity (Wildman–Crippen MR) is 109 cm³/mol. The molecule has 2 aromatic heterocycles. The van der Waals surface area contributed by atoms with Gasteiger partial charge in [-0.3, -0.25) is 14.2 Å². The van der Waals surface area contributed by atoms with Gasteiger partial charge in [-0.2, -0.15) is 13.2 Å². The van der Waals surface area contributed by atoms with Gasteiger partial charge in [-0.25, -0.2) is 9.78 Å². The molecule has 0 aliphatic carbocycles. The van der Waals surface area contributed by atoms with Crippen molar-refractivity contribution in [3.05, 3.63) is 57.5 Å². The monoisotopic (exact) mass is 453 g/mol. The summed E-state index contributed by atoms with van der Waals surface area (Å²) in [4.78, 5) is 41.8. The zero-order chi connectivity index (χ0) is 22.6. The number of para-hydroxylation sites is 1. The van der Waals surface area contributed by atoms with E-state index in [0.717, 1.165) is 40.8 Å². The SMILES string of the molecule is CCCCOC(=O)c1csc2ncn(CC(=O)Nc3ccccc3C(F)(F)F)c(=O)c12. The van der Waals surface area contributed by atoms with E-state index >= 15 is 0 Å². The van der Waals surface area contributed by atoms with Gasteiger partial charge in [0.05, 0.1) is 35.1 Å². The molecule has 0 fully saturated rings. The number of alkyl halides is 3. The number of carbonyl (C=O) groups excluding carboxylic acids is 2. The second-order valence-electron chi connectivity index (χ2n) is 6.59. The molecule has 0 saturated carbocycles. The molecule has 0 bridgehead atoms. The van der Waals surface area contributed by atoms with E-state index < -0.39 is 41.4 Å². The fourth-order valence-corrected chi connectivity index (χ4v) is 3.67. The van der Waals surface area contributed by atoms with Crippen LogP contribution in [0.1, 0.15) is 35.7 Å². The molecule has 3 aromatic rings. The van der Waals surface area contributed by atoms with E-state index in [2.05, 4.69) is 10.3 Å². The van der Waals surface area contributed by atoms with Crippen molar-refractivity contribution in [3.8, 4) is 0 Å². The van der Waals surface area contributed by atoms with Crippen LogP contribution in [0.4, 0.5) is 18.9 Å². The number of aromatic nitrogens is 2. The molecule has 0 aliphatic heterocycles. The molecule has 164 valence electrons. The summed E-state index contributed by atoms with van der Waals surface area (Å²) in [6, 6.07) is 4.52. The summed E-state index contributed by atoms with van der Waals surface area (Å²) in [6.07, 6.45) is -2.03. The number of nitrogens with one attached hydrogen (secondary N) is 1. The minimum Gasteiger partial charge on any atom is -0.462 e. The number of carbonyl (C=O) groups is 2. The molecular formula is C20H18F3N3O4S. The molecule has 1 aromatic carbocycles. The molecule has 0 radical (unpaired) electrons. The zero-order valence-electron chi connectivity index (χ0n) is 16.4. The topological polar surface area (TPSA) is 90.3 Å². The smallest absolute Gasteiger partial charge is 0.418 e. The number of esters is 1. The maximum absolute atomic E-state index is 13.1. The first-order valence-corrected chi connectivity index (χ1v) is 10.2. The summed E-state index contributed by atoms with van der Waals surface area (Å²) in [6.45, 7) is 1.57. The largest absolute Gasteiger partial charge is 0.462 e. The van der Waals surface area contributed by atoms with Gasteiger partial charge in [0, 0.05) is 5.38 Å². The van der Waals surface area contributed by atoms with E-state index in [9.17, 15) is 27.6 Å². The molecule has 7 nitrogen and oxygen atoms in total. The van der Waals surface area contributed by atoms with E-state index in [0.29, 0.717) is 11.3 Å². The number of amides is 1. The number of rotatable bonds is 7. The van der Waals surface area contributed by atoms with Crippen LogP contribution in [0, 0.1) is 0 Å². The average molecular weight is 453 g/mol. The Morgan fingerprint density at radius 1 is 1.26 bits per heavy atom. The predicted octanol–water partition coefficient (Wildman–Crippen LogP) is 4.07. The summed E-state index contributed by atoms with van der Waals surface area (Å²) in [5.41, 5.74) is -2.03. The van der Waals surface area contributed by atoms with E-state index in [1.54, 1.807) is 0 Å². The Labute approximate surface area is 178 Å². The van der Waals surface area contributed by atoms with Crippen LogP contribution in [-0.2, 0) is 22.3 Å². The maximum Gasteiger partial charge on any atom is 0.418 e. The maximum atomic E-state index is 13.1. The highest BCUT2D eigenvalue weighted by Crippen LogP contribution is 2.34. The first-order valence-electron chi connectivity index (χ1n) is 9.32. The lowest BCUT2D eigenvalue weighted by atomic mass is 10.1. The molecule has 1 N–H and O–H groups in total. The van der Waals surface area contributed by atoms with Gasteiger partial charge in [0.15, 0.2) is 0 Å². The lowest BCUT2D eigenvalue weighted by Crippen LogP contribution is -2.29. The van der Waals surface area contributed by atoms with E-state index in [1.807, 2.05) is 6.92 Å². The first kappa shape index (κ1) is 22.5. The third-order valence-electron chi connectivity index (χ3n) is 4.33. The van der Waals surface area contributed by atoms with Crippen LogP contribution in [0.3, 0.4) is 0 Å². The second-order valence-corrected chi connectivity index (χ2v) is 7.45. The van der Waals surface area contributed by atoms with Crippen LogP contribution in [-0.4, -0.2) is 28.0 Å². The lowest BCUT2D eigenvalue weighted by Gasteiger charge is -2.14. The molecule has 2 heterocycles. The fourth-order valence-electron chi connectivity index (χ4n) is 2.80. The van der Waals surface area contributed by atoms with Gasteiger partial charge >= 0.3 is 12.1 Å². The molecule has 0 spiro atoms. The van der Waals surface area contributed by atoms with Crippen molar-refractivity contribution in [2.24, 2.45) is 0 Å². The third kappa shape index (κ3) is 5.10. The van der Waals surface area contributed by atoms with Crippen LogP contribution >= 0.6 is 11.3 Å². The number of halogens is 3.